The van der Waals surface area contributed by atoms with Crippen LogP contribution in [0.15, 0.2) is 18.2 Å². The summed E-state index contributed by atoms with van der Waals surface area (Å²) in [5.41, 5.74) is 0.510. The summed E-state index contributed by atoms with van der Waals surface area (Å²) in [6.07, 6.45) is 1.25. The number of rotatable bonds is 3. The Morgan fingerprint density at radius 2 is 2.07 bits per heavy atom. The molecule has 0 aliphatic heterocycles. The van der Waals surface area contributed by atoms with E-state index in [1.54, 1.807) is 18.2 Å². The smallest absolute Gasteiger partial charge is 0.348 e. The molecule has 0 unspecified atom stereocenters. The van der Waals surface area contributed by atoms with Crippen LogP contribution in [0.5, 0.6) is 5.88 Å². The van der Waals surface area contributed by atoms with Crippen molar-refractivity contribution in [2.75, 3.05) is 6.61 Å². The minimum absolute atomic E-state index is 0. The molecule has 0 spiro atoms. The van der Waals surface area contributed by atoms with Crippen LogP contribution < -0.4 is 10.3 Å². The molecule has 1 aromatic heterocycles. The van der Waals surface area contributed by atoms with E-state index in [2.05, 4.69) is 18.8 Å². The van der Waals surface area contributed by atoms with Crippen LogP contribution in [0.4, 0.5) is 0 Å². The average Bonchev–Trinajstić information content (AvgIpc) is 2.20. The second-order valence-corrected chi connectivity index (χ2v) is 2.67. The monoisotopic (exact) mass is 198 g/mol. The summed E-state index contributed by atoms with van der Waals surface area (Å²) in [5, 5.41) is 8.59. The number of hydrogen-bond donors (Lipinski definition) is 1. The lowest BCUT2D eigenvalue weighted by Gasteiger charge is -2.01. The Balaban J connectivity index is -0.000000306. The molecule has 0 saturated heterocycles. The van der Waals surface area contributed by atoms with Gasteiger partial charge < -0.3 is 9.76 Å². The normalized spacial score (nSPS) is 8.57. The van der Waals surface area contributed by atoms with Crippen molar-refractivity contribution in [2.24, 2.45) is 0 Å². The summed E-state index contributed by atoms with van der Waals surface area (Å²) < 4.78 is 5.11. The first kappa shape index (κ1) is 13.0. The van der Waals surface area contributed by atoms with E-state index in [9.17, 15) is 0 Å². The highest BCUT2D eigenvalue weighted by Gasteiger charge is 1.96. The third-order valence-corrected chi connectivity index (χ3v) is 1.17. The first-order valence-electron chi connectivity index (χ1n) is 4.85. The fourth-order valence-corrected chi connectivity index (χ4v) is 0.731. The number of nitrogens with zero attached hydrogens (tertiary/aromatic N) is 1. The van der Waals surface area contributed by atoms with E-state index < -0.39 is 0 Å². The summed E-state index contributed by atoms with van der Waals surface area (Å²) in [6, 6.07) is 5.22. The highest BCUT2D eigenvalue weighted by molar-refractivity contribution is 6.44. The summed E-state index contributed by atoms with van der Waals surface area (Å²) in [7, 11) is 0.947. The lowest BCUT2D eigenvalue weighted by atomic mass is 9.96. The van der Waals surface area contributed by atoms with Gasteiger partial charge in [-0.25, -0.2) is 4.98 Å². The molecule has 1 N–H and O–H groups in total. The molecule has 81 valence electrons. The van der Waals surface area contributed by atoms with E-state index in [1.165, 1.54) is 6.42 Å². The SMILES string of the molecule is CCC.CCOc1cccc([B]O)n1.[HH].[HH]. The van der Waals surface area contributed by atoms with Gasteiger partial charge >= 0.3 is 7.48 Å². The number of pyridine rings is 1. The Morgan fingerprint density at radius 1 is 1.43 bits per heavy atom. The molecule has 0 aromatic carbocycles. The van der Waals surface area contributed by atoms with Crippen molar-refractivity contribution in [1.29, 1.82) is 0 Å². The van der Waals surface area contributed by atoms with Crippen LogP contribution in [0.25, 0.3) is 0 Å². The molecule has 0 bridgehead atoms. The first-order chi connectivity index (χ1) is 6.78. The van der Waals surface area contributed by atoms with Crippen molar-refractivity contribution < 1.29 is 12.6 Å². The molecule has 1 radical (unpaired) electrons. The van der Waals surface area contributed by atoms with Crippen molar-refractivity contribution in [1.82, 2.24) is 4.98 Å². The van der Waals surface area contributed by atoms with Crippen LogP contribution in [0.1, 0.15) is 30.0 Å². The van der Waals surface area contributed by atoms with Crippen LogP contribution in [0, 0.1) is 0 Å². The minimum Gasteiger partial charge on any atom is -0.478 e. The molecule has 0 aliphatic rings. The predicted molar refractivity (Wildman–Crippen MR) is 63.2 cm³/mol. The highest BCUT2D eigenvalue weighted by atomic mass is 16.5. The molecule has 1 heterocycles. The van der Waals surface area contributed by atoms with E-state index >= 15 is 0 Å². The van der Waals surface area contributed by atoms with Crippen LogP contribution in [-0.2, 0) is 0 Å². The second kappa shape index (κ2) is 8.57. The zero-order valence-corrected chi connectivity index (χ0v) is 9.03. The summed E-state index contributed by atoms with van der Waals surface area (Å²) in [4.78, 5) is 3.95. The largest absolute Gasteiger partial charge is 0.478 e. The minimum atomic E-state index is 0. The topological polar surface area (TPSA) is 42.4 Å². The molecule has 3 nitrogen and oxygen atoms in total. The van der Waals surface area contributed by atoms with Gasteiger partial charge in [-0.05, 0) is 13.0 Å². The van der Waals surface area contributed by atoms with Gasteiger partial charge in [0, 0.05) is 14.5 Å². The first-order valence-corrected chi connectivity index (χ1v) is 4.85. The zero-order chi connectivity index (χ0) is 10.8. The van der Waals surface area contributed by atoms with Crippen LogP contribution in [0.3, 0.4) is 0 Å². The van der Waals surface area contributed by atoms with Crippen LogP contribution >= 0.6 is 0 Å². The molecule has 0 fully saturated rings. The van der Waals surface area contributed by atoms with E-state index in [0.29, 0.717) is 18.1 Å². The molecule has 1 aromatic rings. The molecule has 0 amide bonds. The Hall–Kier alpha value is -1.03. The average molecular weight is 198 g/mol. The van der Waals surface area contributed by atoms with Gasteiger partial charge in [0.2, 0.25) is 5.88 Å². The van der Waals surface area contributed by atoms with Gasteiger partial charge in [0.25, 0.3) is 0 Å². The van der Waals surface area contributed by atoms with Gasteiger partial charge in [-0.2, -0.15) is 0 Å². The maximum Gasteiger partial charge on any atom is 0.348 e. The Kier molecular flexibility index (Phi) is 7.94. The summed E-state index contributed by atoms with van der Waals surface area (Å²) in [5.74, 6) is 0.537. The molecule has 0 atom stereocenters. The van der Waals surface area contributed by atoms with Gasteiger partial charge in [-0.3, -0.25) is 0 Å². The number of ether oxygens (including phenoxy) is 1. The van der Waals surface area contributed by atoms with Crippen molar-refractivity contribution in [3.05, 3.63) is 18.2 Å². The zero-order valence-electron chi connectivity index (χ0n) is 9.03. The van der Waals surface area contributed by atoms with Crippen LogP contribution in [0.2, 0.25) is 0 Å². The maximum atomic E-state index is 8.59. The maximum absolute atomic E-state index is 8.59. The number of hydrogen-bond acceptors (Lipinski definition) is 3. The van der Waals surface area contributed by atoms with Crippen molar-refractivity contribution in [2.45, 2.75) is 27.2 Å². The molecular weight excluding hydrogens is 177 g/mol. The molecular formula is C10H21BNO2. The molecule has 14 heavy (non-hydrogen) atoms. The van der Waals surface area contributed by atoms with E-state index in [0.717, 1.165) is 7.48 Å². The summed E-state index contributed by atoms with van der Waals surface area (Å²) in [6.45, 7) is 6.72. The van der Waals surface area contributed by atoms with E-state index in [4.69, 9.17) is 9.76 Å². The lowest BCUT2D eigenvalue weighted by Crippen LogP contribution is -2.17. The quantitative estimate of drug-likeness (QED) is 0.750. The third kappa shape index (κ3) is 5.59. The van der Waals surface area contributed by atoms with Gasteiger partial charge in [-0.15, -0.1) is 0 Å². The third-order valence-electron chi connectivity index (χ3n) is 1.17. The Bertz CT molecular complexity index is 252. The van der Waals surface area contributed by atoms with E-state index in [-0.39, 0.29) is 2.85 Å². The van der Waals surface area contributed by atoms with Crippen molar-refractivity contribution in [3.8, 4) is 5.88 Å². The molecule has 4 heteroatoms. The molecule has 1 rings (SSSR count). The van der Waals surface area contributed by atoms with Gasteiger partial charge in [0.1, 0.15) is 0 Å². The number of aromatic nitrogens is 1. The second-order valence-electron chi connectivity index (χ2n) is 2.67. The van der Waals surface area contributed by atoms with Crippen molar-refractivity contribution in [3.63, 3.8) is 0 Å². The van der Waals surface area contributed by atoms with Gasteiger partial charge in [0.05, 0.1) is 6.61 Å². The molecule has 0 aliphatic carbocycles. The lowest BCUT2D eigenvalue weighted by molar-refractivity contribution is 0.327. The summed E-state index contributed by atoms with van der Waals surface area (Å²) >= 11 is 0. The predicted octanol–water partition coefficient (Wildman–Crippen LogP) is 1.63. The van der Waals surface area contributed by atoms with Crippen LogP contribution in [-0.4, -0.2) is 24.1 Å². The van der Waals surface area contributed by atoms with Crippen molar-refractivity contribution >= 4 is 13.1 Å². The standard InChI is InChI=1S/C7H9BNO2.C3H8.2H2/c1-2-11-7-5-3-4-6(8-10)9-7;1-3-2;;/h3-5,10H,2H2,1H3;3H2,1-2H3;2*1H. The van der Waals surface area contributed by atoms with E-state index in [1.807, 2.05) is 6.92 Å². The Morgan fingerprint density at radius 3 is 2.57 bits per heavy atom. The van der Waals surface area contributed by atoms with Gasteiger partial charge in [-0.1, -0.05) is 26.3 Å². The highest BCUT2D eigenvalue weighted by Crippen LogP contribution is 2.00. The Labute approximate surface area is 89.4 Å². The fraction of sp³-hybridized carbons (Fsp3) is 0.500. The molecule has 0 saturated carbocycles. The fourth-order valence-electron chi connectivity index (χ4n) is 0.731. The van der Waals surface area contributed by atoms with Gasteiger partial charge in [0.15, 0.2) is 0 Å².